The van der Waals surface area contributed by atoms with Crippen molar-refractivity contribution < 1.29 is 13.2 Å². The monoisotopic (exact) mass is 286 g/mol. The Kier molecular flexibility index (Phi) is 4.15. The number of Topliss-reactive ketones (excluding diaryl/α,β-unsaturated/α-hetero) is 1. The number of hydrogen-bond donors (Lipinski definition) is 0. The third kappa shape index (κ3) is 3.42. The van der Waals surface area contributed by atoms with E-state index in [1.165, 1.54) is 18.4 Å². The Labute approximate surface area is 118 Å². The van der Waals surface area contributed by atoms with Gasteiger partial charge in [0.1, 0.15) is 0 Å². The predicted octanol–water partition coefficient (Wildman–Crippen LogP) is 3.33. The van der Waals surface area contributed by atoms with E-state index in [0.717, 1.165) is 5.56 Å². The van der Waals surface area contributed by atoms with Gasteiger partial charge in [-0.3, -0.25) is 4.79 Å². The minimum Gasteiger partial charge on any atom is -0.295 e. The van der Waals surface area contributed by atoms with Crippen molar-refractivity contribution in [1.29, 1.82) is 0 Å². The van der Waals surface area contributed by atoms with Crippen LogP contribution in [0.2, 0.25) is 0 Å². The van der Waals surface area contributed by atoms with E-state index in [4.69, 9.17) is 0 Å². The number of hydrogen-bond acceptors (Lipinski definition) is 3. The molecule has 0 amide bonds. The molecule has 4 heteroatoms. The first-order chi connectivity index (χ1) is 9.49. The molecular formula is C16H14O3S. The summed E-state index contributed by atoms with van der Waals surface area (Å²) in [6, 6.07) is 15.0. The SMILES string of the molecule is CC(=O)c1ccc(C=CS(=O)(=O)c2ccccc2)cc1. The molecule has 0 saturated heterocycles. The second-order valence-corrected chi connectivity index (χ2v) is 6.17. The second kappa shape index (κ2) is 5.84. The molecule has 2 aromatic rings. The maximum Gasteiger partial charge on any atom is 0.199 e. The van der Waals surface area contributed by atoms with E-state index in [0.29, 0.717) is 5.56 Å². The van der Waals surface area contributed by atoms with Gasteiger partial charge >= 0.3 is 0 Å². The van der Waals surface area contributed by atoms with Gasteiger partial charge in [-0.2, -0.15) is 0 Å². The van der Waals surface area contributed by atoms with Gasteiger partial charge < -0.3 is 0 Å². The van der Waals surface area contributed by atoms with Crippen LogP contribution in [-0.4, -0.2) is 14.2 Å². The lowest BCUT2D eigenvalue weighted by molar-refractivity contribution is 0.101. The van der Waals surface area contributed by atoms with Gasteiger partial charge in [-0.05, 0) is 30.7 Å². The molecule has 2 aromatic carbocycles. The van der Waals surface area contributed by atoms with Crippen LogP contribution in [0.3, 0.4) is 0 Å². The van der Waals surface area contributed by atoms with Crippen molar-refractivity contribution in [3.05, 3.63) is 71.1 Å². The van der Waals surface area contributed by atoms with Crippen molar-refractivity contribution >= 4 is 21.7 Å². The van der Waals surface area contributed by atoms with E-state index in [2.05, 4.69) is 0 Å². The Hall–Kier alpha value is -2.20. The first-order valence-corrected chi connectivity index (χ1v) is 7.63. The number of benzene rings is 2. The van der Waals surface area contributed by atoms with Gasteiger partial charge in [0, 0.05) is 11.0 Å². The molecule has 102 valence electrons. The summed E-state index contributed by atoms with van der Waals surface area (Å²) in [6.45, 7) is 1.49. The number of rotatable bonds is 4. The standard InChI is InChI=1S/C16H14O3S/c1-13(17)15-9-7-14(8-10-15)11-12-20(18,19)16-5-3-2-4-6-16/h2-12H,1H3. The van der Waals surface area contributed by atoms with E-state index in [-0.39, 0.29) is 10.7 Å². The summed E-state index contributed by atoms with van der Waals surface area (Å²) in [5.74, 6) is -0.0163. The van der Waals surface area contributed by atoms with Gasteiger partial charge in [-0.15, -0.1) is 0 Å². The number of sulfone groups is 1. The van der Waals surface area contributed by atoms with E-state index < -0.39 is 9.84 Å². The first-order valence-electron chi connectivity index (χ1n) is 6.08. The highest BCUT2D eigenvalue weighted by molar-refractivity contribution is 7.94. The van der Waals surface area contributed by atoms with Crippen LogP contribution in [0, 0.1) is 0 Å². The normalized spacial score (nSPS) is 11.7. The predicted molar refractivity (Wildman–Crippen MR) is 79.1 cm³/mol. The largest absolute Gasteiger partial charge is 0.295 e. The van der Waals surface area contributed by atoms with Crippen LogP contribution >= 0.6 is 0 Å². The summed E-state index contributed by atoms with van der Waals surface area (Å²) < 4.78 is 24.1. The van der Waals surface area contributed by atoms with Crippen LogP contribution in [0.25, 0.3) is 6.08 Å². The van der Waals surface area contributed by atoms with Gasteiger partial charge in [-0.1, -0.05) is 42.5 Å². The lowest BCUT2D eigenvalue weighted by Crippen LogP contribution is -1.95. The zero-order valence-electron chi connectivity index (χ0n) is 11.0. The van der Waals surface area contributed by atoms with Crippen molar-refractivity contribution in [3.8, 4) is 0 Å². The summed E-state index contributed by atoms with van der Waals surface area (Å²) >= 11 is 0. The smallest absolute Gasteiger partial charge is 0.199 e. The van der Waals surface area contributed by atoms with E-state index in [1.807, 2.05) is 0 Å². The van der Waals surface area contributed by atoms with Crippen LogP contribution in [-0.2, 0) is 9.84 Å². The Morgan fingerprint density at radius 1 is 0.950 bits per heavy atom. The van der Waals surface area contributed by atoms with Crippen molar-refractivity contribution in [2.75, 3.05) is 0 Å². The molecule has 0 radical (unpaired) electrons. The third-order valence-electron chi connectivity index (χ3n) is 2.83. The molecule has 0 aliphatic heterocycles. The second-order valence-electron chi connectivity index (χ2n) is 4.34. The average molecular weight is 286 g/mol. The average Bonchev–Trinajstić information content (AvgIpc) is 2.46. The van der Waals surface area contributed by atoms with E-state index >= 15 is 0 Å². The zero-order chi connectivity index (χ0) is 14.6. The molecule has 0 bridgehead atoms. The minimum atomic E-state index is -3.43. The molecule has 0 aliphatic carbocycles. The van der Waals surface area contributed by atoms with Crippen LogP contribution in [0.15, 0.2) is 64.9 Å². The van der Waals surface area contributed by atoms with Gasteiger partial charge in [0.25, 0.3) is 0 Å². The summed E-state index contributed by atoms with van der Waals surface area (Å²) in [7, 11) is -3.43. The molecule has 0 N–H and O–H groups in total. The molecule has 0 heterocycles. The lowest BCUT2D eigenvalue weighted by atomic mass is 10.1. The Morgan fingerprint density at radius 3 is 2.10 bits per heavy atom. The molecule has 0 spiro atoms. The van der Waals surface area contributed by atoms with E-state index in [9.17, 15) is 13.2 Å². The molecule has 0 atom stereocenters. The lowest BCUT2D eigenvalue weighted by Gasteiger charge is -1.99. The topological polar surface area (TPSA) is 51.2 Å². The summed E-state index contributed by atoms with van der Waals surface area (Å²) in [6.07, 6.45) is 1.52. The molecule has 0 aliphatic rings. The highest BCUT2D eigenvalue weighted by Gasteiger charge is 2.08. The molecule has 0 saturated carbocycles. The molecule has 0 fully saturated rings. The van der Waals surface area contributed by atoms with Crippen LogP contribution in [0.5, 0.6) is 0 Å². The third-order valence-corrected chi connectivity index (χ3v) is 4.25. The number of carbonyl (C=O) groups is 1. The highest BCUT2D eigenvalue weighted by Crippen LogP contribution is 2.14. The van der Waals surface area contributed by atoms with Gasteiger partial charge in [0.05, 0.1) is 4.90 Å². The van der Waals surface area contributed by atoms with Crippen molar-refractivity contribution in [3.63, 3.8) is 0 Å². The van der Waals surface area contributed by atoms with Gasteiger partial charge in [0.2, 0.25) is 0 Å². The fourth-order valence-corrected chi connectivity index (χ4v) is 2.72. The summed E-state index contributed by atoms with van der Waals surface area (Å²) in [5, 5.41) is 1.17. The molecule has 0 aromatic heterocycles. The molecule has 3 nitrogen and oxygen atoms in total. The van der Waals surface area contributed by atoms with Crippen LogP contribution < -0.4 is 0 Å². The molecular weight excluding hydrogens is 272 g/mol. The molecule has 0 unspecified atom stereocenters. The van der Waals surface area contributed by atoms with Gasteiger partial charge in [0.15, 0.2) is 15.6 Å². The van der Waals surface area contributed by atoms with Crippen LogP contribution in [0.1, 0.15) is 22.8 Å². The Balaban J connectivity index is 2.23. The number of ketones is 1. The highest BCUT2D eigenvalue weighted by atomic mass is 32.2. The summed E-state index contributed by atoms with van der Waals surface area (Å²) in [5.41, 5.74) is 1.34. The quantitative estimate of drug-likeness (QED) is 0.810. The first kappa shape index (κ1) is 14.2. The maximum atomic E-state index is 12.0. The van der Waals surface area contributed by atoms with Crippen LogP contribution in [0.4, 0.5) is 0 Å². The summed E-state index contributed by atoms with van der Waals surface area (Å²) in [4.78, 5) is 11.4. The fraction of sp³-hybridized carbons (Fsp3) is 0.0625. The number of carbonyl (C=O) groups excluding carboxylic acids is 1. The fourth-order valence-electron chi connectivity index (χ4n) is 1.69. The van der Waals surface area contributed by atoms with Crippen molar-refractivity contribution in [2.24, 2.45) is 0 Å². The Morgan fingerprint density at radius 2 is 1.55 bits per heavy atom. The van der Waals surface area contributed by atoms with Crippen molar-refractivity contribution in [1.82, 2.24) is 0 Å². The maximum absolute atomic E-state index is 12.0. The van der Waals surface area contributed by atoms with Gasteiger partial charge in [-0.25, -0.2) is 8.42 Å². The molecule has 2 rings (SSSR count). The Bertz CT molecular complexity index is 727. The minimum absolute atomic E-state index is 0.0163. The van der Waals surface area contributed by atoms with E-state index in [1.54, 1.807) is 54.6 Å². The van der Waals surface area contributed by atoms with Crippen molar-refractivity contribution in [2.45, 2.75) is 11.8 Å². The zero-order valence-corrected chi connectivity index (χ0v) is 11.8. The molecule has 20 heavy (non-hydrogen) atoms.